The summed E-state index contributed by atoms with van der Waals surface area (Å²) in [5.74, 6) is -0.0260. The molecule has 0 unspecified atom stereocenters. The number of rotatable bonds is 6. The Labute approximate surface area is 165 Å². The van der Waals surface area contributed by atoms with Crippen LogP contribution in [0.4, 0.5) is 0 Å². The van der Waals surface area contributed by atoms with Crippen molar-refractivity contribution in [2.45, 2.75) is 30.9 Å². The number of hydrogen-bond donors (Lipinski definition) is 1. The number of hydrogen-bond acceptors (Lipinski definition) is 4. The number of aryl methyl sites for hydroxylation is 3. The molecular formula is C22H23NO4S. The van der Waals surface area contributed by atoms with Gasteiger partial charge in [-0.3, -0.25) is 4.79 Å². The predicted octanol–water partition coefficient (Wildman–Crippen LogP) is 4.15. The molecule has 0 bridgehead atoms. The van der Waals surface area contributed by atoms with E-state index in [4.69, 9.17) is 4.42 Å². The Morgan fingerprint density at radius 3 is 2.43 bits per heavy atom. The molecule has 0 aliphatic rings. The van der Waals surface area contributed by atoms with E-state index in [2.05, 4.69) is 5.32 Å². The number of benzene rings is 2. The second-order valence-electron chi connectivity index (χ2n) is 6.90. The molecule has 2 aromatic carbocycles. The van der Waals surface area contributed by atoms with Gasteiger partial charge in [0.15, 0.2) is 9.84 Å². The molecule has 1 amide bonds. The molecule has 28 heavy (non-hydrogen) atoms. The number of carbonyl (C=O) groups excluding carboxylic acids is 1. The van der Waals surface area contributed by atoms with Gasteiger partial charge < -0.3 is 9.73 Å². The quantitative estimate of drug-likeness (QED) is 0.678. The number of nitrogens with one attached hydrogen (secondary N) is 1. The molecule has 3 rings (SSSR count). The van der Waals surface area contributed by atoms with Crippen molar-refractivity contribution in [3.8, 4) is 0 Å². The molecule has 3 aromatic rings. The first-order valence-electron chi connectivity index (χ1n) is 8.98. The first kappa shape index (κ1) is 19.9. The molecule has 0 aliphatic carbocycles. The van der Waals surface area contributed by atoms with Crippen molar-refractivity contribution in [3.05, 3.63) is 88.9 Å². The van der Waals surface area contributed by atoms with E-state index in [1.54, 1.807) is 49.4 Å². The van der Waals surface area contributed by atoms with E-state index >= 15 is 0 Å². The lowest BCUT2D eigenvalue weighted by atomic mass is 10.1. The minimum Gasteiger partial charge on any atom is -0.468 e. The number of amides is 1. The molecule has 0 fully saturated rings. The average Bonchev–Trinajstić information content (AvgIpc) is 3.17. The van der Waals surface area contributed by atoms with Crippen molar-refractivity contribution in [1.29, 1.82) is 0 Å². The van der Waals surface area contributed by atoms with Crippen LogP contribution in [0.3, 0.4) is 0 Å². The van der Waals surface area contributed by atoms with Gasteiger partial charge in [-0.2, -0.15) is 0 Å². The molecular weight excluding hydrogens is 374 g/mol. The van der Waals surface area contributed by atoms with Gasteiger partial charge in [0.2, 0.25) is 0 Å². The van der Waals surface area contributed by atoms with Crippen LogP contribution in [-0.2, 0) is 9.84 Å². The zero-order valence-electron chi connectivity index (χ0n) is 16.1. The lowest BCUT2D eigenvalue weighted by Crippen LogP contribution is -2.32. The van der Waals surface area contributed by atoms with Gasteiger partial charge in [-0.25, -0.2) is 8.42 Å². The van der Waals surface area contributed by atoms with Crippen LogP contribution < -0.4 is 5.32 Å². The minimum atomic E-state index is -3.77. The van der Waals surface area contributed by atoms with Crippen molar-refractivity contribution < 1.29 is 17.6 Å². The summed E-state index contributed by atoms with van der Waals surface area (Å²) >= 11 is 0. The molecule has 1 heterocycles. The maximum Gasteiger partial charge on any atom is 0.251 e. The maximum absolute atomic E-state index is 13.4. The molecule has 0 spiro atoms. The zero-order chi connectivity index (χ0) is 20.3. The molecule has 0 saturated heterocycles. The minimum absolute atomic E-state index is 0.0873. The standard InChI is InChI=1S/C22H23NO4S/c1-15-6-4-7-18(12-15)22(24)23-14-21(19-8-5-11-27-19)28(25,26)20-13-16(2)9-10-17(20)3/h4-13,21H,14H2,1-3H3,(H,23,24)/t21-/m0/s1. The highest BCUT2D eigenvalue weighted by Gasteiger charge is 2.33. The molecule has 1 atom stereocenters. The smallest absolute Gasteiger partial charge is 0.251 e. The lowest BCUT2D eigenvalue weighted by molar-refractivity contribution is 0.0953. The predicted molar refractivity (Wildman–Crippen MR) is 108 cm³/mol. The highest BCUT2D eigenvalue weighted by molar-refractivity contribution is 7.91. The summed E-state index contributed by atoms with van der Waals surface area (Å²) in [6, 6.07) is 15.7. The van der Waals surface area contributed by atoms with Crippen molar-refractivity contribution in [2.75, 3.05) is 6.54 Å². The van der Waals surface area contributed by atoms with Gasteiger partial charge in [-0.05, 0) is 62.2 Å². The van der Waals surface area contributed by atoms with Crippen LogP contribution in [0.15, 0.2) is 70.2 Å². The van der Waals surface area contributed by atoms with Crippen LogP contribution in [0, 0.1) is 20.8 Å². The van der Waals surface area contributed by atoms with Crippen LogP contribution in [0.25, 0.3) is 0 Å². The van der Waals surface area contributed by atoms with Crippen molar-refractivity contribution in [1.82, 2.24) is 5.32 Å². The third-order valence-electron chi connectivity index (χ3n) is 4.61. The maximum atomic E-state index is 13.4. The number of sulfone groups is 1. The Bertz CT molecular complexity index is 1090. The Hall–Kier alpha value is -2.86. The number of furan rings is 1. The van der Waals surface area contributed by atoms with Crippen LogP contribution in [0.5, 0.6) is 0 Å². The van der Waals surface area contributed by atoms with Crippen molar-refractivity contribution in [2.24, 2.45) is 0 Å². The second kappa shape index (κ2) is 8.02. The van der Waals surface area contributed by atoms with Gasteiger partial charge in [0, 0.05) is 12.1 Å². The van der Waals surface area contributed by atoms with Gasteiger partial charge in [0.25, 0.3) is 5.91 Å². The van der Waals surface area contributed by atoms with E-state index < -0.39 is 15.1 Å². The molecule has 0 radical (unpaired) electrons. The molecule has 0 saturated carbocycles. The topological polar surface area (TPSA) is 76.4 Å². The fraction of sp³-hybridized carbons (Fsp3) is 0.227. The summed E-state index contributed by atoms with van der Waals surface area (Å²) in [5.41, 5.74) is 2.96. The third-order valence-corrected chi connectivity index (χ3v) is 6.81. The second-order valence-corrected chi connectivity index (χ2v) is 9.00. The van der Waals surface area contributed by atoms with E-state index in [0.717, 1.165) is 11.1 Å². The molecule has 0 aliphatic heterocycles. The summed E-state index contributed by atoms with van der Waals surface area (Å²) in [6.45, 7) is 5.42. The molecule has 5 nitrogen and oxygen atoms in total. The summed E-state index contributed by atoms with van der Waals surface area (Å²) in [7, 11) is -3.77. The van der Waals surface area contributed by atoms with Crippen LogP contribution >= 0.6 is 0 Å². The largest absolute Gasteiger partial charge is 0.468 e. The average molecular weight is 397 g/mol. The van der Waals surface area contributed by atoms with Gasteiger partial charge in [0.05, 0.1) is 11.2 Å². The first-order chi connectivity index (χ1) is 13.3. The summed E-state index contributed by atoms with van der Waals surface area (Å²) in [4.78, 5) is 12.8. The molecule has 6 heteroatoms. The summed E-state index contributed by atoms with van der Waals surface area (Å²) in [6.07, 6.45) is 1.43. The van der Waals surface area contributed by atoms with Gasteiger partial charge in [-0.15, -0.1) is 0 Å². The summed E-state index contributed by atoms with van der Waals surface area (Å²) in [5, 5.41) is 1.73. The SMILES string of the molecule is Cc1cccc(C(=O)NC[C@@H](c2ccco2)S(=O)(=O)c2cc(C)ccc2C)c1. The van der Waals surface area contributed by atoms with E-state index in [1.807, 2.05) is 26.0 Å². The van der Waals surface area contributed by atoms with Gasteiger partial charge >= 0.3 is 0 Å². The fourth-order valence-electron chi connectivity index (χ4n) is 3.08. The fourth-order valence-corrected chi connectivity index (χ4v) is 4.99. The van der Waals surface area contributed by atoms with Gasteiger partial charge in [0.1, 0.15) is 11.0 Å². The Morgan fingerprint density at radius 2 is 1.75 bits per heavy atom. The molecule has 1 aromatic heterocycles. The highest BCUT2D eigenvalue weighted by Crippen LogP contribution is 2.31. The Kier molecular flexibility index (Phi) is 5.70. The third kappa shape index (κ3) is 4.17. The Balaban J connectivity index is 1.92. The van der Waals surface area contributed by atoms with E-state index in [0.29, 0.717) is 16.9 Å². The highest BCUT2D eigenvalue weighted by atomic mass is 32.2. The normalized spacial score (nSPS) is 12.5. The number of carbonyl (C=O) groups is 1. The zero-order valence-corrected chi connectivity index (χ0v) is 16.9. The van der Waals surface area contributed by atoms with Crippen molar-refractivity contribution >= 4 is 15.7 Å². The monoisotopic (exact) mass is 397 g/mol. The van der Waals surface area contributed by atoms with E-state index in [1.165, 1.54) is 6.26 Å². The summed E-state index contributed by atoms with van der Waals surface area (Å²) < 4.78 is 32.2. The molecule has 146 valence electrons. The van der Waals surface area contributed by atoms with Crippen molar-refractivity contribution in [3.63, 3.8) is 0 Å². The molecule has 1 N–H and O–H groups in total. The van der Waals surface area contributed by atoms with Crippen LogP contribution in [0.2, 0.25) is 0 Å². The van der Waals surface area contributed by atoms with Gasteiger partial charge in [-0.1, -0.05) is 29.8 Å². The lowest BCUT2D eigenvalue weighted by Gasteiger charge is -2.18. The first-order valence-corrected chi connectivity index (χ1v) is 10.5. The van der Waals surface area contributed by atoms with E-state index in [-0.39, 0.29) is 17.3 Å². The van der Waals surface area contributed by atoms with E-state index in [9.17, 15) is 13.2 Å². The Morgan fingerprint density at radius 1 is 1.00 bits per heavy atom. The van der Waals surface area contributed by atoms with Crippen LogP contribution in [0.1, 0.15) is 38.1 Å². The van der Waals surface area contributed by atoms with Crippen LogP contribution in [-0.4, -0.2) is 20.9 Å².